The number of aliphatic hydroxyl groups is 1. The number of nitrogens with zero attached hydrogens (tertiary/aromatic N) is 1. The number of amides is 1. The molecule has 8 heteroatoms. The van der Waals surface area contributed by atoms with Crippen molar-refractivity contribution < 1.29 is 32.2 Å². The number of benzene rings is 1. The molecule has 1 aliphatic rings. The van der Waals surface area contributed by atoms with Crippen LogP contribution in [-0.4, -0.2) is 47.9 Å². The summed E-state index contributed by atoms with van der Waals surface area (Å²) >= 11 is 0. The fourth-order valence-electron chi connectivity index (χ4n) is 3.94. The maximum Gasteiger partial charge on any atom is 0.416 e. The van der Waals surface area contributed by atoms with Crippen molar-refractivity contribution in [1.29, 1.82) is 0 Å². The van der Waals surface area contributed by atoms with Gasteiger partial charge in [-0.25, -0.2) is 4.39 Å². The number of carbonyl (C=O) groups is 1. The van der Waals surface area contributed by atoms with Gasteiger partial charge in [0.05, 0.1) is 17.6 Å². The van der Waals surface area contributed by atoms with E-state index in [-0.39, 0.29) is 30.2 Å². The lowest BCUT2D eigenvalue weighted by molar-refractivity contribution is -0.138. The van der Waals surface area contributed by atoms with E-state index in [1.807, 2.05) is 0 Å². The van der Waals surface area contributed by atoms with E-state index in [4.69, 9.17) is 4.74 Å². The van der Waals surface area contributed by atoms with E-state index >= 15 is 0 Å². The zero-order valence-corrected chi connectivity index (χ0v) is 17.6. The first-order chi connectivity index (χ1) is 14.1. The molecule has 0 aliphatic carbocycles. The van der Waals surface area contributed by atoms with Gasteiger partial charge in [-0.15, -0.1) is 0 Å². The fourth-order valence-corrected chi connectivity index (χ4v) is 3.94. The SMILES string of the molecule is CCC(CC)CC1(O)CCN(C(=O)Cc2cc(OCCF)cc(C(F)(F)F)c2)CC1. The first-order valence-electron chi connectivity index (χ1n) is 10.5. The molecule has 0 aromatic heterocycles. The lowest BCUT2D eigenvalue weighted by Gasteiger charge is -2.40. The smallest absolute Gasteiger partial charge is 0.416 e. The Kier molecular flexibility index (Phi) is 8.52. The van der Waals surface area contributed by atoms with Crippen molar-refractivity contribution >= 4 is 5.91 Å². The molecule has 0 saturated carbocycles. The highest BCUT2D eigenvalue weighted by Gasteiger charge is 2.36. The van der Waals surface area contributed by atoms with E-state index in [0.29, 0.717) is 38.3 Å². The van der Waals surface area contributed by atoms with Gasteiger partial charge in [-0.2, -0.15) is 13.2 Å². The second-order valence-corrected chi connectivity index (χ2v) is 8.07. The molecule has 0 bridgehead atoms. The van der Waals surface area contributed by atoms with E-state index in [0.717, 1.165) is 25.0 Å². The van der Waals surface area contributed by atoms with Crippen LogP contribution < -0.4 is 4.74 Å². The van der Waals surface area contributed by atoms with Crippen molar-refractivity contribution in [3.8, 4) is 5.75 Å². The van der Waals surface area contributed by atoms with Gasteiger partial charge in [-0.3, -0.25) is 4.79 Å². The minimum absolute atomic E-state index is 0.108. The fraction of sp³-hybridized carbons (Fsp3) is 0.682. The normalized spacial score (nSPS) is 16.7. The summed E-state index contributed by atoms with van der Waals surface area (Å²) in [6, 6.07) is 3.08. The van der Waals surface area contributed by atoms with Crippen molar-refractivity contribution in [2.45, 2.75) is 64.1 Å². The van der Waals surface area contributed by atoms with Gasteiger partial charge in [0.15, 0.2) is 0 Å². The second kappa shape index (κ2) is 10.5. The monoisotopic (exact) mass is 433 g/mol. The van der Waals surface area contributed by atoms with E-state index in [2.05, 4.69) is 13.8 Å². The number of hydrogen-bond donors (Lipinski definition) is 1. The number of rotatable bonds is 9. The van der Waals surface area contributed by atoms with Gasteiger partial charge >= 0.3 is 6.18 Å². The average Bonchev–Trinajstić information content (AvgIpc) is 2.70. The van der Waals surface area contributed by atoms with Crippen molar-refractivity contribution in [1.82, 2.24) is 4.90 Å². The molecule has 0 unspecified atom stereocenters. The van der Waals surface area contributed by atoms with Crippen molar-refractivity contribution in [3.63, 3.8) is 0 Å². The molecule has 1 fully saturated rings. The van der Waals surface area contributed by atoms with Gasteiger partial charge in [-0.1, -0.05) is 26.7 Å². The van der Waals surface area contributed by atoms with Crippen LogP contribution in [-0.2, 0) is 17.4 Å². The topological polar surface area (TPSA) is 49.8 Å². The van der Waals surface area contributed by atoms with Crippen LogP contribution in [0.3, 0.4) is 0 Å². The van der Waals surface area contributed by atoms with E-state index in [1.165, 1.54) is 6.07 Å². The van der Waals surface area contributed by atoms with Crippen LogP contribution >= 0.6 is 0 Å². The molecule has 1 amide bonds. The summed E-state index contributed by atoms with van der Waals surface area (Å²) in [5.74, 6) is 0.0314. The standard InChI is InChI=1S/C22H31F4NO3/c1-3-16(4-2)15-21(29)5-8-27(9-6-21)20(28)13-17-11-18(22(24,25)26)14-19(12-17)30-10-7-23/h11-12,14,16,29H,3-10,13,15H2,1-2H3. The van der Waals surface area contributed by atoms with Crippen LogP contribution in [0.4, 0.5) is 17.6 Å². The predicted molar refractivity (Wildman–Crippen MR) is 106 cm³/mol. The molecule has 1 aromatic carbocycles. The van der Waals surface area contributed by atoms with Crippen molar-refractivity contribution in [3.05, 3.63) is 29.3 Å². The molecule has 4 nitrogen and oxygen atoms in total. The molecule has 170 valence electrons. The Balaban J connectivity index is 2.04. The number of hydrogen-bond acceptors (Lipinski definition) is 3. The number of piperidine rings is 1. The summed E-state index contributed by atoms with van der Waals surface area (Å²) < 4.78 is 56.8. The number of ether oxygens (including phenoxy) is 1. The molecular formula is C22H31F4NO3. The van der Waals surface area contributed by atoms with Crippen LogP contribution in [0.15, 0.2) is 18.2 Å². The Morgan fingerprint density at radius 3 is 2.37 bits per heavy atom. The minimum Gasteiger partial charge on any atom is -0.491 e. The summed E-state index contributed by atoms with van der Waals surface area (Å²) in [6.45, 7) is 3.76. The summed E-state index contributed by atoms with van der Waals surface area (Å²) in [6.07, 6.45) is -1.20. The predicted octanol–water partition coefficient (Wildman–Crippen LogP) is 4.78. The second-order valence-electron chi connectivity index (χ2n) is 8.07. The molecule has 0 atom stereocenters. The summed E-state index contributed by atoms with van der Waals surface area (Å²) in [5, 5.41) is 10.8. The molecule has 1 saturated heterocycles. The van der Waals surface area contributed by atoms with Gasteiger partial charge in [0.2, 0.25) is 5.91 Å². The maximum absolute atomic E-state index is 13.2. The molecule has 0 radical (unpaired) electrons. The van der Waals surface area contributed by atoms with Gasteiger partial charge in [0.1, 0.15) is 19.0 Å². The first kappa shape index (κ1) is 24.4. The first-order valence-corrected chi connectivity index (χ1v) is 10.5. The number of carbonyl (C=O) groups excluding carboxylic acids is 1. The highest BCUT2D eigenvalue weighted by Crippen LogP contribution is 2.34. The Morgan fingerprint density at radius 1 is 1.20 bits per heavy atom. The quantitative estimate of drug-likeness (QED) is 0.571. The van der Waals surface area contributed by atoms with E-state index in [1.54, 1.807) is 4.90 Å². The third kappa shape index (κ3) is 6.86. The van der Waals surface area contributed by atoms with Crippen LogP contribution in [0.2, 0.25) is 0 Å². The number of halogens is 4. The summed E-state index contributed by atoms with van der Waals surface area (Å²) in [4.78, 5) is 14.2. The zero-order chi connectivity index (χ0) is 22.4. The number of likely N-dealkylation sites (tertiary alicyclic amines) is 1. The van der Waals surface area contributed by atoms with E-state index in [9.17, 15) is 27.5 Å². The van der Waals surface area contributed by atoms with Crippen LogP contribution in [0.5, 0.6) is 5.75 Å². The Hall–Kier alpha value is -1.83. The highest BCUT2D eigenvalue weighted by atomic mass is 19.4. The van der Waals surface area contributed by atoms with Gasteiger partial charge in [0, 0.05) is 13.1 Å². The van der Waals surface area contributed by atoms with Crippen molar-refractivity contribution in [2.75, 3.05) is 26.4 Å². The third-order valence-electron chi connectivity index (χ3n) is 5.87. The Morgan fingerprint density at radius 2 is 1.83 bits per heavy atom. The molecule has 1 N–H and O–H groups in total. The summed E-state index contributed by atoms with van der Waals surface area (Å²) in [7, 11) is 0. The lowest BCUT2D eigenvalue weighted by Crippen LogP contribution is -2.47. The largest absolute Gasteiger partial charge is 0.491 e. The number of alkyl halides is 4. The van der Waals surface area contributed by atoms with Crippen molar-refractivity contribution in [2.24, 2.45) is 5.92 Å². The third-order valence-corrected chi connectivity index (χ3v) is 5.87. The van der Waals surface area contributed by atoms with Gasteiger partial charge in [-0.05, 0) is 48.9 Å². The van der Waals surface area contributed by atoms with Crippen LogP contribution in [0, 0.1) is 5.92 Å². The Bertz CT molecular complexity index is 696. The lowest BCUT2D eigenvalue weighted by atomic mass is 9.81. The van der Waals surface area contributed by atoms with Gasteiger partial charge < -0.3 is 14.7 Å². The minimum atomic E-state index is -4.59. The zero-order valence-electron chi connectivity index (χ0n) is 17.6. The highest BCUT2D eigenvalue weighted by molar-refractivity contribution is 5.79. The molecule has 1 aromatic rings. The Labute approximate surface area is 175 Å². The van der Waals surface area contributed by atoms with Gasteiger partial charge in [0.25, 0.3) is 0 Å². The van der Waals surface area contributed by atoms with Crippen LogP contribution in [0.25, 0.3) is 0 Å². The van der Waals surface area contributed by atoms with E-state index < -0.39 is 24.0 Å². The molecule has 0 spiro atoms. The molecule has 30 heavy (non-hydrogen) atoms. The molecule has 1 aliphatic heterocycles. The average molecular weight is 433 g/mol. The summed E-state index contributed by atoms with van der Waals surface area (Å²) in [5.41, 5.74) is -1.56. The molecular weight excluding hydrogens is 402 g/mol. The maximum atomic E-state index is 13.2. The molecule has 1 heterocycles. The van der Waals surface area contributed by atoms with Crippen LogP contribution in [0.1, 0.15) is 57.1 Å². The molecule has 2 rings (SSSR count).